The van der Waals surface area contributed by atoms with Crippen molar-refractivity contribution in [2.24, 2.45) is 0 Å². The first-order valence-corrected chi connectivity index (χ1v) is 3.98. The number of aromatic hydroxyl groups is 1. The van der Waals surface area contributed by atoms with E-state index in [2.05, 4.69) is 0 Å². The topological polar surface area (TPSA) is 42.2 Å². The SMILES string of the molecule is CCn1c(O)c(C)c(C)cc1=O. The van der Waals surface area contributed by atoms with E-state index in [1.165, 1.54) is 4.57 Å². The molecule has 1 aromatic heterocycles. The Morgan fingerprint density at radius 3 is 2.58 bits per heavy atom. The molecule has 1 aromatic rings. The van der Waals surface area contributed by atoms with Gasteiger partial charge in [0.1, 0.15) is 0 Å². The van der Waals surface area contributed by atoms with Crippen molar-refractivity contribution in [3.05, 3.63) is 27.5 Å². The van der Waals surface area contributed by atoms with E-state index in [1.54, 1.807) is 13.0 Å². The molecule has 1 heterocycles. The van der Waals surface area contributed by atoms with Crippen LogP contribution in [0.1, 0.15) is 18.1 Å². The third-order valence-corrected chi connectivity index (χ3v) is 2.10. The lowest BCUT2D eigenvalue weighted by molar-refractivity contribution is 0.406. The average Bonchev–Trinajstić information content (AvgIpc) is 2.01. The first-order valence-electron chi connectivity index (χ1n) is 3.98. The molecule has 0 saturated carbocycles. The van der Waals surface area contributed by atoms with Crippen LogP contribution in [-0.2, 0) is 6.54 Å². The van der Waals surface area contributed by atoms with Crippen LogP contribution in [0.15, 0.2) is 10.9 Å². The smallest absolute Gasteiger partial charge is 0.253 e. The van der Waals surface area contributed by atoms with E-state index < -0.39 is 0 Å². The largest absolute Gasteiger partial charge is 0.494 e. The van der Waals surface area contributed by atoms with Gasteiger partial charge in [-0.05, 0) is 26.3 Å². The van der Waals surface area contributed by atoms with Gasteiger partial charge in [0.05, 0.1) is 0 Å². The lowest BCUT2D eigenvalue weighted by atomic mass is 10.2. The van der Waals surface area contributed by atoms with E-state index in [0.29, 0.717) is 6.54 Å². The van der Waals surface area contributed by atoms with E-state index in [1.807, 2.05) is 13.8 Å². The van der Waals surface area contributed by atoms with Crippen LogP contribution in [-0.4, -0.2) is 9.67 Å². The van der Waals surface area contributed by atoms with Gasteiger partial charge in [-0.3, -0.25) is 9.36 Å². The van der Waals surface area contributed by atoms with E-state index in [4.69, 9.17) is 0 Å². The highest BCUT2D eigenvalue weighted by Crippen LogP contribution is 2.16. The molecule has 0 bridgehead atoms. The second-order valence-electron chi connectivity index (χ2n) is 2.86. The minimum absolute atomic E-state index is 0.0856. The van der Waals surface area contributed by atoms with Gasteiger partial charge in [-0.25, -0.2) is 0 Å². The van der Waals surface area contributed by atoms with Crippen molar-refractivity contribution in [1.82, 2.24) is 4.57 Å². The molecule has 0 radical (unpaired) electrons. The summed E-state index contributed by atoms with van der Waals surface area (Å²) in [6.45, 7) is 5.95. The van der Waals surface area contributed by atoms with Crippen LogP contribution in [0.4, 0.5) is 0 Å². The Balaban J connectivity index is 3.52. The monoisotopic (exact) mass is 167 g/mol. The van der Waals surface area contributed by atoms with Gasteiger partial charge in [0.25, 0.3) is 5.56 Å². The van der Waals surface area contributed by atoms with Crippen LogP contribution in [0.25, 0.3) is 0 Å². The molecule has 0 fully saturated rings. The molecular formula is C9H13NO2. The maximum Gasteiger partial charge on any atom is 0.253 e. The molecule has 0 aliphatic carbocycles. The minimum atomic E-state index is -0.141. The van der Waals surface area contributed by atoms with Crippen molar-refractivity contribution in [1.29, 1.82) is 0 Å². The number of hydrogen-bond donors (Lipinski definition) is 1. The van der Waals surface area contributed by atoms with Crippen molar-refractivity contribution < 1.29 is 5.11 Å². The molecule has 3 heteroatoms. The number of aromatic nitrogens is 1. The average molecular weight is 167 g/mol. The number of nitrogens with zero attached hydrogens (tertiary/aromatic N) is 1. The van der Waals surface area contributed by atoms with Gasteiger partial charge < -0.3 is 5.11 Å². The van der Waals surface area contributed by atoms with Gasteiger partial charge in [-0.2, -0.15) is 0 Å². The highest BCUT2D eigenvalue weighted by molar-refractivity contribution is 5.31. The molecule has 66 valence electrons. The Bertz CT molecular complexity index is 352. The second kappa shape index (κ2) is 3.01. The van der Waals surface area contributed by atoms with E-state index in [0.717, 1.165) is 11.1 Å². The molecule has 0 unspecified atom stereocenters. The molecule has 0 aliphatic rings. The summed E-state index contributed by atoms with van der Waals surface area (Å²) >= 11 is 0. The number of rotatable bonds is 1. The van der Waals surface area contributed by atoms with Crippen molar-refractivity contribution in [2.45, 2.75) is 27.3 Å². The quantitative estimate of drug-likeness (QED) is 0.682. The molecule has 0 atom stereocenters. The van der Waals surface area contributed by atoms with E-state index >= 15 is 0 Å². The number of pyridine rings is 1. The second-order valence-corrected chi connectivity index (χ2v) is 2.86. The third kappa shape index (κ3) is 1.22. The molecule has 0 spiro atoms. The molecule has 12 heavy (non-hydrogen) atoms. The lowest BCUT2D eigenvalue weighted by Gasteiger charge is -2.09. The summed E-state index contributed by atoms with van der Waals surface area (Å²) in [7, 11) is 0. The summed E-state index contributed by atoms with van der Waals surface area (Å²) in [4.78, 5) is 11.2. The minimum Gasteiger partial charge on any atom is -0.494 e. The molecule has 1 rings (SSSR count). The zero-order chi connectivity index (χ0) is 9.30. The van der Waals surface area contributed by atoms with Crippen LogP contribution in [0.3, 0.4) is 0 Å². The summed E-state index contributed by atoms with van der Waals surface area (Å²) in [5, 5.41) is 9.52. The molecule has 1 N–H and O–H groups in total. The van der Waals surface area contributed by atoms with Crippen LogP contribution in [0.5, 0.6) is 5.88 Å². The van der Waals surface area contributed by atoms with Gasteiger partial charge in [-0.15, -0.1) is 0 Å². The predicted octanol–water partition coefficient (Wildman–Crippen LogP) is 1.19. The Morgan fingerprint density at radius 1 is 1.50 bits per heavy atom. The van der Waals surface area contributed by atoms with Crippen LogP contribution >= 0.6 is 0 Å². The van der Waals surface area contributed by atoms with Crippen LogP contribution in [0.2, 0.25) is 0 Å². The van der Waals surface area contributed by atoms with Crippen molar-refractivity contribution >= 4 is 0 Å². The van der Waals surface area contributed by atoms with Crippen molar-refractivity contribution in [2.75, 3.05) is 0 Å². The number of aryl methyl sites for hydroxylation is 1. The maximum absolute atomic E-state index is 11.2. The summed E-state index contributed by atoms with van der Waals surface area (Å²) in [6.07, 6.45) is 0. The summed E-state index contributed by atoms with van der Waals surface area (Å²) in [5.41, 5.74) is 1.47. The Kier molecular flexibility index (Phi) is 2.22. The first-order chi connectivity index (χ1) is 5.57. The molecule has 0 aliphatic heterocycles. The predicted molar refractivity (Wildman–Crippen MR) is 47.5 cm³/mol. The molecular weight excluding hydrogens is 154 g/mol. The zero-order valence-electron chi connectivity index (χ0n) is 7.59. The zero-order valence-corrected chi connectivity index (χ0v) is 7.59. The summed E-state index contributed by atoms with van der Waals surface area (Å²) in [5.74, 6) is 0.0856. The van der Waals surface area contributed by atoms with Crippen molar-refractivity contribution in [3.8, 4) is 5.88 Å². The van der Waals surface area contributed by atoms with Crippen molar-refractivity contribution in [3.63, 3.8) is 0 Å². The van der Waals surface area contributed by atoms with Gasteiger partial charge >= 0.3 is 0 Å². The maximum atomic E-state index is 11.2. The number of hydrogen-bond acceptors (Lipinski definition) is 2. The van der Waals surface area contributed by atoms with E-state index in [9.17, 15) is 9.90 Å². The van der Waals surface area contributed by atoms with Gasteiger partial charge in [0.15, 0.2) is 5.88 Å². The molecule has 0 amide bonds. The standard InChI is InChI=1S/C9H13NO2/c1-4-10-8(11)5-6(2)7(3)9(10)12/h5,12H,4H2,1-3H3. The third-order valence-electron chi connectivity index (χ3n) is 2.10. The lowest BCUT2D eigenvalue weighted by Crippen LogP contribution is -2.19. The van der Waals surface area contributed by atoms with Crippen LogP contribution in [0, 0.1) is 13.8 Å². The fourth-order valence-corrected chi connectivity index (χ4v) is 1.16. The fraction of sp³-hybridized carbons (Fsp3) is 0.444. The van der Waals surface area contributed by atoms with Gasteiger partial charge in [0.2, 0.25) is 0 Å². The highest BCUT2D eigenvalue weighted by Gasteiger charge is 2.06. The summed E-state index contributed by atoms with van der Waals surface area (Å²) in [6, 6.07) is 1.54. The fourth-order valence-electron chi connectivity index (χ4n) is 1.16. The normalized spacial score (nSPS) is 10.2. The van der Waals surface area contributed by atoms with E-state index in [-0.39, 0.29) is 11.4 Å². The highest BCUT2D eigenvalue weighted by atomic mass is 16.3. The molecule has 3 nitrogen and oxygen atoms in total. The van der Waals surface area contributed by atoms with Crippen LogP contribution < -0.4 is 5.56 Å². The Hall–Kier alpha value is -1.25. The Labute approximate surface area is 71.3 Å². The molecule has 0 saturated heterocycles. The Morgan fingerprint density at radius 2 is 2.08 bits per heavy atom. The van der Waals surface area contributed by atoms with Gasteiger partial charge in [-0.1, -0.05) is 0 Å². The summed E-state index contributed by atoms with van der Waals surface area (Å²) < 4.78 is 1.35. The molecule has 0 aromatic carbocycles. The van der Waals surface area contributed by atoms with Gasteiger partial charge in [0, 0.05) is 18.2 Å². The first kappa shape index (κ1) is 8.84.